The average Bonchev–Trinajstić information content (AvgIpc) is 2.75. The van der Waals surface area contributed by atoms with Crippen LogP contribution in [0.5, 0.6) is 0 Å². The van der Waals surface area contributed by atoms with Crippen LogP contribution in [0.2, 0.25) is 0 Å². The monoisotopic (exact) mass is 188 g/mol. The molecule has 4 rings (SSSR count). The van der Waals surface area contributed by atoms with Crippen LogP contribution < -0.4 is 10.6 Å². The molecule has 1 aromatic carbocycles. The van der Waals surface area contributed by atoms with Gasteiger partial charge >= 0.3 is 0 Å². The maximum atomic E-state index is 5.75. The van der Waals surface area contributed by atoms with Crippen molar-refractivity contribution in [2.75, 3.05) is 11.4 Å². The first-order valence-corrected chi connectivity index (χ1v) is 5.43. The van der Waals surface area contributed by atoms with E-state index in [0.717, 1.165) is 12.0 Å². The third-order valence-electron chi connectivity index (χ3n) is 3.63. The summed E-state index contributed by atoms with van der Waals surface area (Å²) in [5.74, 6) is 0.964. The third kappa shape index (κ3) is 1.07. The summed E-state index contributed by atoms with van der Waals surface area (Å²) in [6, 6.07) is 9.36. The molecule has 2 bridgehead atoms. The van der Waals surface area contributed by atoms with Crippen LogP contribution in [-0.2, 0) is 6.54 Å². The molecule has 2 N–H and O–H groups in total. The van der Waals surface area contributed by atoms with E-state index in [1.807, 2.05) is 0 Å². The van der Waals surface area contributed by atoms with Crippen molar-refractivity contribution in [2.24, 2.45) is 11.7 Å². The van der Waals surface area contributed by atoms with E-state index < -0.39 is 0 Å². The van der Waals surface area contributed by atoms with Crippen LogP contribution in [-0.4, -0.2) is 12.6 Å². The molecular weight excluding hydrogens is 172 g/mol. The number of nitrogens with zero attached hydrogens (tertiary/aromatic N) is 1. The second-order valence-electron chi connectivity index (χ2n) is 4.48. The topological polar surface area (TPSA) is 29.3 Å². The van der Waals surface area contributed by atoms with E-state index in [-0.39, 0.29) is 0 Å². The van der Waals surface area contributed by atoms with E-state index >= 15 is 0 Å². The van der Waals surface area contributed by atoms with Crippen LogP contribution in [0.4, 0.5) is 5.69 Å². The molecule has 1 aromatic rings. The number of benzene rings is 1. The Morgan fingerprint density at radius 2 is 2.07 bits per heavy atom. The molecule has 0 aromatic heterocycles. The summed E-state index contributed by atoms with van der Waals surface area (Å²) in [7, 11) is 0. The van der Waals surface area contributed by atoms with Crippen LogP contribution >= 0.6 is 0 Å². The van der Waals surface area contributed by atoms with E-state index in [2.05, 4.69) is 29.2 Å². The molecule has 2 nitrogen and oxygen atoms in total. The molecule has 0 atom stereocenters. The summed E-state index contributed by atoms with van der Waals surface area (Å²) in [4.78, 5) is 2.55. The standard InChI is InChI=1S/C12H16N2/c13-7-10-3-1-2-4-12(10)14-8-9-5-11(14)6-9/h1-4,9,11H,5-8,13H2. The van der Waals surface area contributed by atoms with Gasteiger partial charge < -0.3 is 10.6 Å². The molecular formula is C12H16N2. The quantitative estimate of drug-likeness (QED) is 0.766. The summed E-state index contributed by atoms with van der Waals surface area (Å²) < 4.78 is 0. The number of rotatable bonds is 2. The lowest BCUT2D eigenvalue weighted by molar-refractivity contribution is 0.381. The van der Waals surface area contributed by atoms with E-state index in [1.165, 1.54) is 30.6 Å². The molecule has 14 heavy (non-hydrogen) atoms. The lowest BCUT2D eigenvalue weighted by Crippen LogP contribution is -2.29. The Morgan fingerprint density at radius 1 is 1.29 bits per heavy atom. The molecule has 3 aliphatic rings. The van der Waals surface area contributed by atoms with Gasteiger partial charge in [-0.15, -0.1) is 0 Å². The van der Waals surface area contributed by atoms with Gasteiger partial charge in [-0.25, -0.2) is 0 Å². The molecule has 2 heterocycles. The minimum absolute atomic E-state index is 0.657. The first-order valence-electron chi connectivity index (χ1n) is 5.43. The fourth-order valence-electron chi connectivity index (χ4n) is 2.79. The Hall–Kier alpha value is -1.02. The van der Waals surface area contributed by atoms with Crippen LogP contribution in [0.25, 0.3) is 0 Å². The molecule has 74 valence electrons. The van der Waals surface area contributed by atoms with Gasteiger partial charge in [-0.3, -0.25) is 0 Å². The number of anilines is 1. The number of nitrogens with two attached hydrogens (primary N) is 1. The van der Waals surface area contributed by atoms with Gasteiger partial charge in [-0.05, 0) is 30.4 Å². The van der Waals surface area contributed by atoms with Gasteiger partial charge in [0.05, 0.1) is 0 Å². The lowest BCUT2D eigenvalue weighted by atomic mass is 9.86. The van der Waals surface area contributed by atoms with Crippen molar-refractivity contribution >= 4 is 5.69 Å². The molecule has 0 spiro atoms. The van der Waals surface area contributed by atoms with Gasteiger partial charge in [0.1, 0.15) is 0 Å². The largest absolute Gasteiger partial charge is 0.368 e. The molecule has 3 fully saturated rings. The number of fused-ring (bicyclic) bond motifs is 1. The van der Waals surface area contributed by atoms with Crippen molar-refractivity contribution in [1.29, 1.82) is 0 Å². The second kappa shape index (κ2) is 2.99. The van der Waals surface area contributed by atoms with Crippen LogP contribution in [0.3, 0.4) is 0 Å². The second-order valence-corrected chi connectivity index (χ2v) is 4.48. The molecule has 0 radical (unpaired) electrons. The van der Waals surface area contributed by atoms with Crippen molar-refractivity contribution in [2.45, 2.75) is 25.4 Å². The number of hydrogen-bond acceptors (Lipinski definition) is 2. The number of hydrogen-bond donors (Lipinski definition) is 1. The molecule has 2 aliphatic heterocycles. The highest BCUT2D eigenvalue weighted by Gasteiger charge is 2.42. The van der Waals surface area contributed by atoms with Gasteiger partial charge in [0.25, 0.3) is 0 Å². The maximum absolute atomic E-state index is 5.75. The Labute approximate surface area is 84.7 Å². The minimum Gasteiger partial charge on any atom is -0.368 e. The smallest absolute Gasteiger partial charge is 0.0414 e. The summed E-state index contributed by atoms with van der Waals surface area (Å²) in [5, 5.41) is 0. The van der Waals surface area contributed by atoms with Gasteiger partial charge in [0.15, 0.2) is 0 Å². The molecule has 2 heteroatoms. The molecule has 1 saturated carbocycles. The molecule has 2 saturated heterocycles. The van der Waals surface area contributed by atoms with E-state index in [4.69, 9.17) is 5.73 Å². The van der Waals surface area contributed by atoms with Crippen molar-refractivity contribution < 1.29 is 0 Å². The van der Waals surface area contributed by atoms with Crippen molar-refractivity contribution in [3.63, 3.8) is 0 Å². The summed E-state index contributed by atoms with van der Waals surface area (Å²) in [6.07, 6.45) is 2.80. The van der Waals surface area contributed by atoms with Crippen LogP contribution in [0.1, 0.15) is 18.4 Å². The normalized spacial score (nSPS) is 29.1. The number of para-hydroxylation sites is 1. The van der Waals surface area contributed by atoms with Crippen molar-refractivity contribution in [1.82, 2.24) is 0 Å². The molecule has 1 aliphatic carbocycles. The predicted octanol–water partition coefficient (Wildman–Crippen LogP) is 1.74. The highest BCUT2D eigenvalue weighted by Crippen LogP contribution is 2.43. The fourth-order valence-corrected chi connectivity index (χ4v) is 2.79. The SMILES string of the molecule is NCc1ccccc1N1CC2CC1C2. The van der Waals surface area contributed by atoms with E-state index in [0.29, 0.717) is 6.54 Å². The van der Waals surface area contributed by atoms with Gasteiger partial charge in [-0.1, -0.05) is 18.2 Å². The van der Waals surface area contributed by atoms with Gasteiger partial charge in [0, 0.05) is 24.8 Å². The molecule has 0 unspecified atom stereocenters. The van der Waals surface area contributed by atoms with Gasteiger partial charge in [-0.2, -0.15) is 0 Å². The Balaban J connectivity index is 1.95. The summed E-state index contributed by atoms with van der Waals surface area (Å²) in [5.41, 5.74) is 8.42. The zero-order valence-corrected chi connectivity index (χ0v) is 8.32. The predicted molar refractivity (Wildman–Crippen MR) is 58.2 cm³/mol. The van der Waals surface area contributed by atoms with Crippen LogP contribution in [0.15, 0.2) is 24.3 Å². The summed E-state index contributed by atoms with van der Waals surface area (Å²) in [6.45, 7) is 1.91. The van der Waals surface area contributed by atoms with Crippen molar-refractivity contribution in [3.8, 4) is 0 Å². The van der Waals surface area contributed by atoms with Gasteiger partial charge in [0.2, 0.25) is 0 Å². The first-order chi connectivity index (χ1) is 6.88. The first kappa shape index (κ1) is 8.30. The highest BCUT2D eigenvalue weighted by molar-refractivity contribution is 5.56. The average molecular weight is 188 g/mol. The third-order valence-corrected chi connectivity index (χ3v) is 3.63. The Kier molecular flexibility index (Phi) is 1.77. The zero-order valence-electron chi connectivity index (χ0n) is 8.32. The highest BCUT2D eigenvalue weighted by atomic mass is 15.2. The summed E-state index contributed by atoms with van der Waals surface area (Å²) >= 11 is 0. The van der Waals surface area contributed by atoms with Crippen LogP contribution in [0, 0.1) is 5.92 Å². The lowest BCUT2D eigenvalue weighted by Gasteiger charge is -2.28. The van der Waals surface area contributed by atoms with E-state index in [1.54, 1.807) is 0 Å². The fraction of sp³-hybridized carbons (Fsp3) is 0.500. The Bertz CT molecular complexity index is 342. The van der Waals surface area contributed by atoms with E-state index in [9.17, 15) is 0 Å². The molecule has 0 amide bonds. The minimum atomic E-state index is 0.657. The zero-order chi connectivity index (χ0) is 9.54. The van der Waals surface area contributed by atoms with Crippen molar-refractivity contribution in [3.05, 3.63) is 29.8 Å². The Morgan fingerprint density at radius 3 is 2.71 bits per heavy atom. The maximum Gasteiger partial charge on any atom is 0.0414 e.